The van der Waals surface area contributed by atoms with Crippen molar-refractivity contribution in [3.8, 4) is 11.8 Å². The van der Waals surface area contributed by atoms with Crippen molar-refractivity contribution >= 4 is 9.84 Å². The van der Waals surface area contributed by atoms with Crippen LogP contribution in [0.1, 0.15) is 17.5 Å². The predicted octanol–water partition coefficient (Wildman–Crippen LogP) is 0.788. The van der Waals surface area contributed by atoms with Gasteiger partial charge in [-0.3, -0.25) is 4.90 Å². The van der Waals surface area contributed by atoms with Crippen LogP contribution in [-0.4, -0.2) is 49.6 Å². The molecule has 0 bridgehead atoms. The Labute approximate surface area is 124 Å². The summed E-state index contributed by atoms with van der Waals surface area (Å²) in [5, 5.41) is 8.61. The van der Waals surface area contributed by atoms with Crippen molar-refractivity contribution in [1.29, 1.82) is 0 Å². The van der Waals surface area contributed by atoms with E-state index < -0.39 is 9.84 Å². The molecule has 6 heteroatoms. The summed E-state index contributed by atoms with van der Waals surface area (Å²) in [5.74, 6) is 5.10. The lowest BCUT2D eigenvalue weighted by Crippen LogP contribution is -2.32. The second-order valence-electron chi connectivity index (χ2n) is 5.24. The fourth-order valence-corrected chi connectivity index (χ4v) is 4.22. The van der Waals surface area contributed by atoms with Crippen LogP contribution in [0.25, 0.3) is 0 Å². The monoisotopic (exact) mass is 311 g/mol. The third-order valence-electron chi connectivity index (χ3n) is 3.62. The van der Waals surface area contributed by atoms with Gasteiger partial charge in [-0.1, -0.05) is 17.9 Å². The lowest BCUT2D eigenvalue weighted by molar-refractivity contribution is 0.250. The highest BCUT2D eigenvalue weighted by atomic mass is 32.2. The summed E-state index contributed by atoms with van der Waals surface area (Å²) in [4.78, 5) is 1.88. The minimum Gasteiger partial charge on any atom is -0.384 e. The molecular formula is C15H18FNO3S. The molecule has 1 heterocycles. The van der Waals surface area contributed by atoms with Gasteiger partial charge >= 0.3 is 0 Å². The molecule has 1 saturated heterocycles. The Morgan fingerprint density at radius 2 is 2.24 bits per heavy atom. The molecule has 4 nitrogen and oxygen atoms in total. The van der Waals surface area contributed by atoms with Gasteiger partial charge in [0.25, 0.3) is 0 Å². The first-order valence-electron chi connectivity index (χ1n) is 6.70. The predicted molar refractivity (Wildman–Crippen MR) is 78.9 cm³/mol. The van der Waals surface area contributed by atoms with Gasteiger partial charge in [0.15, 0.2) is 9.84 Å². The molecule has 0 saturated carbocycles. The molecule has 21 heavy (non-hydrogen) atoms. The molecular weight excluding hydrogens is 293 g/mol. The molecule has 1 aliphatic rings. The molecule has 1 unspecified atom stereocenters. The highest BCUT2D eigenvalue weighted by molar-refractivity contribution is 7.91. The van der Waals surface area contributed by atoms with E-state index in [0.29, 0.717) is 24.1 Å². The number of hydrogen-bond donors (Lipinski definition) is 1. The molecule has 1 aliphatic heterocycles. The average Bonchev–Trinajstić information content (AvgIpc) is 2.79. The van der Waals surface area contributed by atoms with Gasteiger partial charge in [-0.25, -0.2) is 12.8 Å². The summed E-state index contributed by atoms with van der Waals surface area (Å²) in [5.41, 5.74) is 1.02. The van der Waals surface area contributed by atoms with Crippen LogP contribution in [0.4, 0.5) is 4.39 Å². The molecule has 1 N–H and O–H groups in total. The summed E-state index contributed by atoms with van der Waals surface area (Å²) in [6.07, 6.45) is 0.598. The highest BCUT2D eigenvalue weighted by Crippen LogP contribution is 2.20. The maximum atomic E-state index is 14.0. The molecule has 114 valence electrons. The number of hydrogen-bond acceptors (Lipinski definition) is 4. The molecule has 0 spiro atoms. The molecule has 2 rings (SSSR count). The van der Waals surface area contributed by atoms with Gasteiger partial charge in [-0.05, 0) is 25.6 Å². The highest BCUT2D eigenvalue weighted by Gasteiger charge is 2.30. The number of aliphatic hydroxyl groups excluding tert-OH is 1. The Hall–Kier alpha value is -1.42. The number of halogens is 1. The summed E-state index contributed by atoms with van der Waals surface area (Å²) >= 11 is 0. The van der Waals surface area contributed by atoms with E-state index in [1.54, 1.807) is 12.1 Å². The maximum absolute atomic E-state index is 14.0. The minimum absolute atomic E-state index is 0.0525. The smallest absolute Gasteiger partial charge is 0.151 e. The van der Waals surface area contributed by atoms with Gasteiger partial charge < -0.3 is 5.11 Å². The Morgan fingerprint density at radius 1 is 1.48 bits per heavy atom. The Balaban J connectivity index is 2.06. The molecule has 1 aromatic carbocycles. The lowest BCUT2D eigenvalue weighted by Gasteiger charge is -2.23. The summed E-state index contributed by atoms with van der Waals surface area (Å²) in [6.45, 7) is 0.0992. The van der Waals surface area contributed by atoms with Gasteiger partial charge in [-0.2, -0.15) is 0 Å². The van der Waals surface area contributed by atoms with Crippen LogP contribution in [-0.2, 0) is 16.4 Å². The zero-order valence-corrected chi connectivity index (χ0v) is 12.7. The van der Waals surface area contributed by atoms with E-state index in [0.717, 1.165) is 0 Å². The molecule has 0 aromatic heterocycles. The third kappa shape index (κ3) is 4.27. The van der Waals surface area contributed by atoms with Crippen LogP contribution in [0.5, 0.6) is 0 Å². The largest absolute Gasteiger partial charge is 0.384 e. The minimum atomic E-state index is -2.94. The van der Waals surface area contributed by atoms with E-state index in [1.807, 2.05) is 11.9 Å². The van der Waals surface area contributed by atoms with Crippen molar-refractivity contribution < 1.29 is 17.9 Å². The first-order valence-corrected chi connectivity index (χ1v) is 8.52. The summed E-state index contributed by atoms with van der Waals surface area (Å²) in [6, 6.07) is 4.62. The molecule has 0 aliphatic carbocycles. The van der Waals surface area contributed by atoms with Gasteiger partial charge in [-0.15, -0.1) is 0 Å². The van der Waals surface area contributed by atoms with Crippen molar-refractivity contribution in [2.45, 2.75) is 19.0 Å². The van der Waals surface area contributed by atoms with Crippen molar-refractivity contribution in [2.24, 2.45) is 0 Å². The average molecular weight is 311 g/mol. The van der Waals surface area contributed by atoms with Crippen LogP contribution in [0, 0.1) is 17.7 Å². The van der Waals surface area contributed by atoms with E-state index >= 15 is 0 Å². The van der Waals surface area contributed by atoms with Crippen LogP contribution in [0.15, 0.2) is 18.2 Å². The zero-order valence-electron chi connectivity index (χ0n) is 11.8. The second kappa shape index (κ2) is 6.56. The molecule has 1 atom stereocenters. The number of sulfone groups is 1. The standard InChI is InChI=1S/C15H18FNO3S/c1-17(14-6-8-21(19,20)11-14)10-13-5-4-12(3-2-7-18)9-15(13)16/h4-5,9,14,18H,6-8,10-11H2,1H3. The summed E-state index contributed by atoms with van der Waals surface area (Å²) in [7, 11) is -1.13. The second-order valence-corrected chi connectivity index (χ2v) is 7.47. The van der Waals surface area contributed by atoms with Crippen LogP contribution in [0.2, 0.25) is 0 Å². The fraction of sp³-hybridized carbons (Fsp3) is 0.467. The molecule has 0 radical (unpaired) electrons. The Kier molecular flexibility index (Phi) is 4.99. The van der Waals surface area contributed by atoms with Crippen LogP contribution < -0.4 is 0 Å². The van der Waals surface area contributed by atoms with E-state index in [1.165, 1.54) is 6.07 Å². The van der Waals surface area contributed by atoms with Gasteiger partial charge in [0, 0.05) is 23.7 Å². The SMILES string of the molecule is CN(Cc1ccc(C#CCO)cc1F)C1CCS(=O)(=O)C1. The molecule has 1 aromatic rings. The molecule has 0 amide bonds. The number of aliphatic hydroxyl groups is 1. The van der Waals surface area contributed by atoms with Crippen LogP contribution >= 0.6 is 0 Å². The quantitative estimate of drug-likeness (QED) is 0.839. The lowest BCUT2D eigenvalue weighted by atomic mass is 10.1. The molecule has 1 fully saturated rings. The normalized spacial score (nSPS) is 20.3. The number of benzene rings is 1. The van der Waals surface area contributed by atoms with Crippen LogP contribution in [0.3, 0.4) is 0 Å². The number of rotatable bonds is 3. The van der Waals surface area contributed by atoms with E-state index in [9.17, 15) is 12.8 Å². The first-order chi connectivity index (χ1) is 9.91. The maximum Gasteiger partial charge on any atom is 0.151 e. The van der Waals surface area contributed by atoms with Crippen molar-refractivity contribution in [2.75, 3.05) is 25.2 Å². The van der Waals surface area contributed by atoms with Crippen molar-refractivity contribution in [3.05, 3.63) is 35.1 Å². The third-order valence-corrected chi connectivity index (χ3v) is 5.37. The van der Waals surface area contributed by atoms with Crippen molar-refractivity contribution in [3.63, 3.8) is 0 Å². The first kappa shape index (κ1) is 16.0. The van der Waals surface area contributed by atoms with Gasteiger partial charge in [0.2, 0.25) is 0 Å². The zero-order chi connectivity index (χ0) is 15.5. The fourth-order valence-electron chi connectivity index (χ4n) is 2.42. The van der Waals surface area contributed by atoms with Gasteiger partial charge in [0.1, 0.15) is 12.4 Å². The van der Waals surface area contributed by atoms with Gasteiger partial charge in [0.05, 0.1) is 11.5 Å². The van der Waals surface area contributed by atoms with Crippen molar-refractivity contribution in [1.82, 2.24) is 4.90 Å². The van der Waals surface area contributed by atoms with E-state index in [-0.39, 0.29) is 30.0 Å². The Morgan fingerprint density at radius 3 is 2.81 bits per heavy atom. The van der Waals surface area contributed by atoms with E-state index in [2.05, 4.69) is 11.8 Å². The number of nitrogens with zero attached hydrogens (tertiary/aromatic N) is 1. The Bertz CT molecular complexity index is 676. The topological polar surface area (TPSA) is 57.6 Å². The summed E-state index contributed by atoms with van der Waals surface area (Å²) < 4.78 is 36.9. The van der Waals surface area contributed by atoms with E-state index in [4.69, 9.17) is 5.11 Å².